The maximum atomic E-state index is 11.8. The average molecular weight is 251 g/mol. The fraction of sp³-hybridized carbons (Fsp3) is 0.583. The van der Waals surface area contributed by atoms with E-state index in [1.54, 1.807) is 11.9 Å². The van der Waals surface area contributed by atoms with Gasteiger partial charge >= 0.3 is 5.56 Å². The van der Waals surface area contributed by atoms with Crippen molar-refractivity contribution in [2.45, 2.75) is 19.3 Å². The quantitative estimate of drug-likeness (QED) is 0.768. The predicted octanol–water partition coefficient (Wildman–Crippen LogP) is 0.172. The number of piperidine rings is 1. The van der Waals surface area contributed by atoms with Gasteiger partial charge in [0, 0.05) is 26.2 Å². The molecule has 6 nitrogen and oxygen atoms in total. The maximum Gasteiger partial charge on any atom is 0.308 e. The van der Waals surface area contributed by atoms with Gasteiger partial charge in [-0.3, -0.25) is 9.59 Å². The van der Waals surface area contributed by atoms with Crippen LogP contribution >= 0.6 is 0 Å². The molecule has 0 N–H and O–H groups in total. The number of amides is 1. The Morgan fingerprint density at radius 2 is 2.11 bits per heavy atom. The van der Waals surface area contributed by atoms with Crippen molar-refractivity contribution < 1.29 is 9.53 Å². The average Bonchev–Trinajstić information content (AvgIpc) is 2.41. The first-order valence-electron chi connectivity index (χ1n) is 6.11. The van der Waals surface area contributed by atoms with E-state index >= 15 is 0 Å². The fourth-order valence-corrected chi connectivity index (χ4v) is 1.97. The Balaban J connectivity index is 1.92. The third-order valence-corrected chi connectivity index (χ3v) is 3.03. The molecule has 0 bridgehead atoms. The second-order valence-corrected chi connectivity index (χ2v) is 4.35. The Kier molecular flexibility index (Phi) is 3.96. The van der Waals surface area contributed by atoms with Gasteiger partial charge in [0.2, 0.25) is 0 Å². The largest absolute Gasteiger partial charge is 0.478 e. The van der Waals surface area contributed by atoms with E-state index in [0.717, 1.165) is 25.9 Å². The monoisotopic (exact) mass is 251 g/mol. The standard InChI is InChI=1S/C12H17N3O3/c1-14-12(17)10(5-6-13-14)18-9-11(16)15-7-3-2-4-8-15/h5-6H,2-4,7-9H2,1H3. The Morgan fingerprint density at radius 1 is 1.39 bits per heavy atom. The van der Waals surface area contributed by atoms with Crippen molar-refractivity contribution in [1.82, 2.24) is 14.7 Å². The van der Waals surface area contributed by atoms with Gasteiger partial charge in [-0.05, 0) is 19.3 Å². The smallest absolute Gasteiger partial charge is 0.308 e. The van der Waals surface area contributed by atoms with Crippen LogP contribution in [0.2, 0.25) is 0 Å². The molecule has 0 aliphatic carbocycles. The highest BCUT2D eigenvalue weighted by Gasteiger charge is 2.17. The van der Waals surface area contributed by atoms with Crippen LogP contribution in [0.3, 0.4) is 0 Å². The van der Waals surface area contributed by atoms with Crippen LogP contribution in [0, 0.1) is 0 Å². The van der Waals surface area contributed by atoms with Crippen LogP contribution in [-0.2, 0) is 11.8 Å². The van der Waals surface area contributed by atoms with E-state index in [2.05, 4.69) is 5.10 Å². The highest BCUT2D eigenvalue weighted by atomic mass is 16.5. The minimum absolute atomic E-state index is 0.0615. The zero-order valence-electron chi connectivity index (χ0n) is 10.5. The molecule has 2 heterocycles. The van der Waals surface area contributed by atoms with Gasteiger partial charge in [-0.25, -0.2) is 4.68 Å². The zero-order chi connectivity index (χ0) is 13.0. The molecule has 1 fully saturated rings. The van der Waals surface area contributed by atoms with Crippen molar-refractivity contribution in [3.8, 4) is 5.75 Å². The first-order chi connectivity index (χ1) is 8.68. The van der Waals surface area contributed by atoms with Gasteiger partial charge in [-0.2, -0.15) is 5.10 Å². The van der Waals surface area contributed by atoms with E-state index in [4.69, 9.17) is 4.74 Å². The molecule has 1 aliphatic rings. The van der Waals surface area contributed by atoms with Gasteiger partial charge < -0.3 is 9.64 Å². The third-order valence-electron chi connectivity index (χ3n) is 3.03. The molecule has 0 atom stereocenters. The minimum Gasteiger partial charge on any atom is -0.478 e. The normalized spacial score (nSPS) is 15.5. The van der Waals surface area contributed by atoms with E-state index < -0.39 is 0 Å². The van der Waals surface area contributed by atoms with E-state index in [1.165, 1.54) is 23.4 Å². The summed E-state index contributed by atoms with van der Waals surface area (Å²) in [5.74, 6) is 0.103. The number of likely N-dealkylation sites (tertiary alicyclic amines) is 1. The van der Waals surface area contributed by atoms with Crippen molar-refractivity contribution in [3.05, 3.63) is 22.6 Å². The molecule has 1 saturated heterocycles. The molecule has 0 saturated carbocycles. The second-order valence-electron chi connectivity index (χ2n) is 4.35. The van der Waals surface area contributed by atoms with Gasteiger partial charge in [-0.1, -0.05) is 0 Å². The number of hydrogen-bond donors (Lipinski definition) is 0. The van der Waals surface area contributed by atoms with Gasteiger partial charge in [-0.15, -0.1) is 0 Å². The molecule has 98 valence electrons. The van der Waals surface area contributed by atoms with Crippen LogP contribution in [0.5, 0.6) is 5.75 Å². The lowest BCUT2D eigenvalue weighted by atomic mass is 10.1. The number of carbonyl (C=O) groups excluding carboxylic acids is 1. The van der Waals surface area contributed by atoms with E-state index in [-0.39, 0.29) is 23.8 Å². The number of rotatable bonds is 3. The Bertz CT molecular complexity index is 478. The Morgan fingerprint density at radius 3 is 2.83 bits per heavy atom. The van der Waals surface area contributed by atoms with Crippen molar-refractivity contribution in [1.29, 1.82) is 0 Å². The summed E-state index contributed by atoms with van der Waals surface area (Å²) in [5, 5.41) is 3.79. The van der Waals surface area contributed by atoms with Gasteiger partial charge in [0.15, 0.2) is 12.4 Å². The van der Waals surface area contributed by atoms with Gasteiger partial charge in [0.25, 0.3) is 5.91 Å². The van der Waals surface area contributed by atoms with E-state index in [9.17, 15) is 9.59 Å². The third kappa shape index (κ3) is 2.88. The van der Waals surface area contributed by atoms with E-state index in [0.29, 0.717) is 0 Å². The van der Waals surface area contributed by atoms with Crippen LogP contribution < -0.4 is 10.3 Å². The SMILES string of the molecule is Cn1nccc(OCC(=O)N2CCCCC2)c1=O. The molecule has 1 aromatic heterocycles. The molecule has 0 spiro atoms. The number of ether oxygens (including phenoxy) is 1. The highest BCUT2D eigenvalue weighted by molar-refractivity contribution is 5.77. The summed E-state index contributed by atoms with van der Waals surface area (Å²) in [7, 11) is 1.54. The lowest BCUT2D eigenvalue weighted by molar-refractivity contribution is -0.134. The summed E-state index contributed by atoms with van der Waals surface area (Å²) in [6.07, 6.45) is 4.74. The summed E-state index contributed by atoms with van der Waals surface area (Å²) < 4.78 is 6.45. The lowest BCUT2D eigenvalue weighted by Gasteiger charge is -2.26. The molecule has 0 aromatic carbocycles. The number of aryl methyl sites for hydroxylation is 1. The molecule has 1 aromatic rings. The van der Waals surface area contributed by atoms with Gasteiger partial charge in [0.1, 0.15) is 0 Å². The second kappa shape index (κ2) is 5.66. The fourth-order valence-electron chi connectivity index (χ4n) is 1.97. The minimum atomic E-state index is -0.330. The van der Waals surface area contributed by atoms with Crippen molar-refractivity contribution in [3.63, 3.8) is 0 Å². The molecule has 0 unspecified atom stereocenters. The lowest BCUT2D eigenvalue weighted by Crippen LogP contribution is -2.39. The van der Waals surface area contributed by atoms with Crippen LogP contribution in [0.25, 0.3) is 0 Å². The molecule has 1 amide bonds. The Hall–Kier alpha value is -1.85. The predicted molar refractivity (Wildman–Crippen MR) is 65.4 cm³/mol. The molecular formula is C12H17N3O3. The van der Waals surface area contributed by atoms with Crippen LogP contribution in [0.4, 0.5) is 0 Å². The van der Waals surface area contributed by atoms with Crippen LogP contribution in [-0.4, -0.2) is 40.3 Å². The van der Waals surface area contributed by atoms with Crippen molar-refractivity contribution >= 4 is 5.91 Å². The molecule has 1 aliphatic heterocycles. The summed E-state index contributed by atoms with van der Waals surface area (Å²) >= 11 is 0. The molecule has 6 heteroatoms. The molecular weight excluding hydrogens is 234 g/mol. The number of hydrogen-bond acceptors (Lipinski definition) is 4. The number of carbonyl (C=O) groups is 1. The maximum absolute atomic E-state index is 11.8. The number of aromatic nitrogens is 2. The van der Waals surface area contributed by atoms with Crippen LogP contribution in [0.1, 0.15) is 19.3 Å². The first kappa shape index (κ1) is 12.6. The molecule has 2 rings (SSSR count). The van der Waals surface area contributed by atoms with Gasteiger partial charge in [0.05, 0.1) is 6.20 Å². The van der Waals surface area contributed by atoms with Crippen molar-refractivity contribution in [2.24, 2.45) is 7.05 Å². The first-order valence-corrected chi connectivity index (χ1v) is 6.11. The summed E-state index contributed by atoms with van der Waals surface area (Å²) in [6.45, 7) is 1.49. The highest BCUT2D eigenvalue weighted by Crippen LogP contribution is 2.09. The zero-order valence-corrected chi connectivity index (χ0v) is 10.5. The molecule has 0 radical (unpaired) electrons. The number of nitrogens with zero attached hydrogens (tertiary/aromatic N) is 3. The van der Waals surface area contributed by atoms with Crippen LogP contribution in [0.15, 0.2) is 17.1 Å². The summed E-state index contributed by atoms with van der Waals surface area (Å²) in [5.41, 5.74) is -0.330. The summed E-state index contributed by atoms with van der Waals surface area (Å²) in [6, 6.07) is 1.48. The topological polar surface area (TPSA) is 64.4 Å². The Labute approximate surface area is 105 Å². The van der Waals surface area contributed by atoms with Crippen molar-refractivity contribution in [2.75, 3.05) is 19.7 Å². The molecule has 18 heavy (non-hydrogen) atoms. The summed E-state index contributed by atoms with van der Waals surface area (Å²) in [4.78, 5) is 25.2. The van der Waals surface area contributed by atoms with E-state index in [1.807, 2.05) is 0 Å².